The highest BCUT2D eigenvalue weighted by Crippen LogP contribution is 2.49. The van der Waals surface area contributed by atoms with Crippen LogP contribution in [0.4, 0.5) is 4.39 Å². The fourth-order valence-electron chi connectivity index (χ4n) is 5.34. The lowest BCUT2D eigenvalue weighted by Gasteiger charge is -2.28. The first-order valence-electron chi connectivity index (χ1n) is 11.8. The van der Waals surface area contributed by atoms with Crippen molar-refractivity contribution in [3.05, 3.63) is 65.5 Å². The van der Waals surface area contributed by atoms with Crippen molar-refractivity contribution in [3.63, 3.8) is 0 Å². The van der Waals surface area contributed by atoms with Gasteiger partial charge < -0.3 is 10.1 Å². The highest BCUT2D eigenvalue weighted by atomic mass is 32.2. The zero-order valence-corrected chi connectivity index (χ0v) is 20.3. The van der Waals surface area contributed by atoms with E-state index < -0.39 is 23.7 Å². The number of fused-ring (bicyclic) bond motifs is 2. The third-order valence-corrected chi connectivity index (χ3v) is 8.14. The van der Waals surface area contributed by atoms with Crippen LogP contribution in [0.1, 0.15) is 60.2 Å². The Morgan fingerprint density at radius 2 is 1.79 bits per heavy atom. The van der Waals surface area contributed by atoms with Crippen molar-refractivity contribution in [2.75, 3.05) is 5.75 Å². The van der Waals surface area contributed by atoms with E-state index in [0.717, 1.165) is 11.8 Å². The predicted molar refractivity (Wildman–Crippen MR) is 129 cm³/mol. The second-order valence-corrected chi connectivity index (χ2v) is 10.4. The van der Waals surface area contributed by atoms with Crippen LogP contribution in [0.5, 0.6) is 0 Å². The van der Waals surface area contributed by atoms with E-state index in [0.29, 0.717) is 16.4 Å². The van der Waals surface area contributed by atoms with Gasteiger partial charge in [-0.1, -0.05) is 18.6 Å². The lowest BCUT2D eigenvalue weighted by Crippen LogP contribution is -2.40. The second-order valence-electron chi connectivity index (χ2n) is 9.40. The summed E-state index contributed by atoms with van der Waals surface area (Å²) >= 11 is 1.28. The topological polar surface area (TPSA) is 72.5 Å². The van der Waals surface area contributed by atoms with Crippen molar-refractivity contribution in [2.24, 2.45) is 17.8 Å². The summed E-state index contributed by atoms with van der Waals surface area (Å²) in [5.41, 5.74) is 0.575. The molecule has 5 atom stereocenters. The van der Waals surface area contributed by atoms with Gasteiger partial charge in [-0.2, -0.15) is 0 Å². The number of carbonyl (C=O) groups excluding carboxylic acids is 3. The number of hydrogen-bond donors (Lipinski definition) is 1. The number of hydrogen-bond acceptors (Lipinski definition) is 5. The van der Waals surface area contributed by atoms with Crippen LogP contribution in [0.25, 0.3) is 0 Å². The Hall–Kier alpha value is -2.67. The fraction of sp³-hybridized carbons (Fsp3) is 0.444. The number of esters is 1. The molecule has 34 heavy (non-hydrogen) atoms. The van der Waals surface area contributed by atoms with Crippen molar-refractivity contribution in [1.29, 1.82) is 0 Å². The molecule has 5 nitrogen and oxygen atoms in total. The molecule has 0 unspecified atom stereocenters. The maximum Gasteiger partial charge on any atom is 0.339 e. The Bertz CT molecular complexity index is 1060. The van der Waals surface area contributed by atoms with Gasteiger partial charge in [0.15, 0.2) is 6.10 Å². The number of rotatable bonds is 9. The number of ether oxygens (including phenoxy) is 1. The number of nitrogens with one attached hydrogen (secondary N) is 1. The third kappa shape index (κ3) is 5.69. The van der Waals surface area contributed by atoms with Crippen LogP contribution in [0, 0.1) is 23.6 Å². The maximum absolute atomic E-state index is 13.1. The van der Waals surface area contributed by atoms with Gasteiger partial charge in [0.1, 0.15) is 5.82 Å². The minimum absolute atomic E-state index is 0.0525. The molecule has 180 valence electrons. The molecule has 2 aromatic carbocycles. The summed E-state index contributed by atoms with van der Waals surface area (Å²) in [6.07, 6.45) is 4.10. The number of carbonyl (C=O) groups is 3. The van der Waals surface area contributed by atoms with Crippen molar-refractivity contribution in [2.45, 2.75) is 56.6 Å². The Morgan fingerprint density at radius 1 is 1.06 bits per heavy atom. The van der Waals surface area contributed by atoms with E-state index in [1.54, 1.807) is 24.3 Å². The Kier molecular flexibility index (Phi) is 7.71. The molecule has 1 amide bonds. The van der Waals surface area contributed by atoms with Crippen LogP contribution in [-0.4, -0.2) is 35.6 Å². The largest absolute Gasteiger partial charge is 0.451 e. The van der Waals surface area contributed by atoms with E-state index in [1.165, 1.54) is 68.6 Å². The molecular formula is C27H30FNO4S. The van der Waals surface area contributed by atoms with Crippen LogP contribution in [-0.2, 0) is 9.53 Å². The van der Waals surface area contributed by atoms with Crippen LogP contribution >= 0.6 is 11.8 Å². The molecule has 0 heterocycles. The zero-order valence-electron chi connectivity index (χ0n) is 19.5. The molecule has 1 N–H and O–H groups in total. The predicted octanol–water partition coefficient (Wildman–Crippen LogP) is 5.29. The number of benzene rings is 2. The van der Waals surface area contributed by atoms with Crippen molar-refractivity contribution in [3.8, 4) is 0 Å². The normalized spacial score (nSPS) is 22.7. The van der Waals surface area contributed by atoms with E-state index in [9.17, 15) is 18.8 Å². The van der Waals surface area contributed by atoms with Gasteiger partial charge in [-0.05, 0) is 87.3 Å². The summed E-state index contributed by atoms with van der Waals surface area (Å²) in [6, 6.07) is 12.2. The van der Waals surface area contributed by atoms with Gasteiger partial charge in [-0.15, -0.1) is 11.8 Å². The second kappa shape index (κ2) is 10.7. The summed E-state index contributed by atoms with van der Waals surface area (Å²) in [5.74, 6) is 0.787. The van der Waals surface area contributed by atoms with E-state index in [2.05, 4.69) is 12.2 Å². The number of ketones is 1. The molecule has 4 rings (SSSR count). The van der Waals surface area contributed by atoms with Gasteiger partial charge in [-0.25, -0.2) is 9.18 Å². The molecule has 2 aromatic rings. The molecule has 0 radical (unpaired) electrons. The minimum Gasteiger partial charge on any atom is -0.451 e. The standard InChI is InChI=1S/C27H30FNO4S/c1-16(23-14-18-7-8-20(23)13-18)29-25(30)15-34-24-6-4-3-5-22(24)27(32)33-17(2)26(31)19-9-11-21(28)12-10-19/h3-6,9-12,16-18,20,23H,7-8,13-15H2,1-2H3,(H,29,30)/t16-,17-,18+,20+,23+/m0/s1. The molecule has 2 aliphatic carbocycles. The summed E-state index contributed by atoms with van der Waals surface area (Å²) in [6.45, 7) is 3.59. The van der Waals surface area contributed by atoms with E-state index in [1.807, 2.05) is 0 Å². The molecule has 7 heteroatoms. The van der Waals surface area contributed by atoms with Crippen LogP contribution in [0.15, 0.2) is 53.4 Å². The summed E-state index contributed by atoms with van der Waals surface area (Å²) < 4.78 is 18.5. The van der Waals surface area contributed by atoms with Crippen molar-refractivity contribution < 1.29 is 23.5 Å². The Labute approximate surface area is 203 Å². The average molecular weight is 484 g/mol. The Balaban J connectivity index is 1.32. The van der Waals surface area contributed by atoms with Gasteiger partial charge in [0.2, 0.25) is 11.7 Å². The number of halogens is 1. The zero-order chi connectivity index (χ0) is 24.2. The summed E-state index contributed by atoms with van der Waals surface area (Å²) in [7, 11) is 0. The van der Waals surface area contributed by atoms with Crippen molar-refractivity contribution in [1.82, 2.24) is 5.32 Å². The van der Waals surface area contributed by atoms with Crippen LogP contribution in [0.2, 0.25) is 0 Å². The number of amides is 1. The fourth-order valence-corrected chi connectivity index (χ4v) is 6.19. The minimum atomic E-state index is -1.03. The number of Topliss-reactive ketones (excluding diaryl/α,β-unsaturated/α-hetero) is 1. The first-order chi connectivity index (χ1) is 16.3. The maximum atomic E-state index is 13.1. The highest BCUT2D eigenvalue weighted by molar-refractivity contribution is 8.00. The van der Waals surface area contributed by atoms with Gasteiger partial charge in [0.25, 0.3) is 0 Å². The first-order valence-corrected chi connectivity index (χ1v) is 12.8. The van der Waals surface area contributed by atoms with E-state index in [-0.39, 0.29) is 23.3 Å². The van der Waals surface area contributed by atoms with Crippen LogP contribution < -0.4 is 5.32 Å². The molecule has 0 aliphatic heterocycles. The molecule has 0 saturated heterocycles. The van der Waals surface area contributed by atoms with E-state index >= 15 is 0 Å². The average Bonchev–Trinajstić information content (AvgIpc) is 3.47. The van der Waals surface area contributed by atoms with E-state index in [4.69, 9.17) is 4.74 Å². The summed E-state index contributed by atoms with van der Waals surface area (Å²) in [5, 5.41) is 3.15. The van der Waals surface area contributed by atoms with Gasteiger partial charge >= 0.3 is 5.97 Å². The quantitative estimate of drug-likeness (QED) is 0.298. The molecule has 2 aliphatic rings. The Morgan fingerprint density at radius 3 is 2.47 bits per heavy atom. The number of thioether (sulfide) groups is 1. The van der Waals surface area contributed by atoms with Crippen molar-refractivity contribution >= 4 is 29.4 Å². The lowest BCUT2D eigenvalue weighted by molar-refractivity contribution is -0.119. The smallest absolute Gasteiger partial charge is 0.339 e. The summed E-state index contributed by atoms with van der Waals surface area (Å²) in [4.78, 5) is 38.5. The van der Waals surface area contributed by atoms with Crippen LogP contribution in [0.3, 0.4) is 0 Å². The molecule has 2 fully saturated rings. The molecule has 2 bridgehead atoms. The van der Waals surface area contributed by atoms with Gasteiger partial charge in [-0.3, -0.25) is 9.59 Å². The molecule has 0 aromatic heterocycles. The molecule has 2 saturated carbocycles. The highest BCUT2D eigenvalue weighted by Gasteiger charge is 2.42. The molecular weight excluding hydrogens is 453 g/mol. The monoisotopic (exact) mass is 483 g/mol. The first kappa shape index (κ1) is 24.5. The van der Waals surface area contributed by atoms with Gasteiger partial charge in [0, 0.05) is 16.5 Å². The SMILES string of the molecule is C[C@H](OC(=O)c1ccccc1SCC(=O)N[C@@H](C)[C@H]1C[C@@H]2CC[C@@H]1C2)C(=O)c1ccc(F)cc1. The third-order valence-electron chi connectivity index (χ3n) is 7.07. The van der Waals surface area contributed by atoms with Gasteiger partial charge in [0.05, 0.1) is 11.3 Å². The molecule has 0 spiro atoms. The lowest BCUT2D eigenvalue weighted by atomic mass is 9.84.